The number of carbonyl (C=O) groups excluding carboxylic acids is 1. The number of nitrogens with zero attached hydrogens (tertiary/aromatic N) is 2. The monoisotopic (exact) mass is 368 g/mol. The molecule has 4 nitrogen and oxygen atoms in total. The summed E-state index contributed by atoms with van der Waals surface area (Å²) in [6.45, 7) is 8.13. The molecule has 0 spiro atoms. The highest BCUT2D eigenvalue weighted by Crippen LogP contribution is 2.30. The van der Waals surface area contributed by atoms with Crippen molar-refractivity contribution in [2.75, 3.05) is 6.61 Å². The molecule has 136 valence electrons. The van der Waals surface area contributed by atoms with Gasteiger partial charge in [-0.15, -0.1) is 11.3 Å². The fraction of sp³-hybridized carbons (Fsp3) is 0.333. The van der Waals surface area contributed by atoms with Crippen LogP contribution in [0.25, 0.3) is 20.8 Å². The molecule has 0 bridgehead atoms. The van der Waals surface area contributed by atoms with Crippen LogP contribution in [-0.4, -0.2) is 34.5 Å². The molecular formula is C21H24N2O2S. The number of aromatic nitrogens is 1. The lowest BCUT2D eigenvalue weighted by Gasteiger charge is -2.30. The average Bonchev–Trinajstić information content (AvgIpc) is 3.04. The van der Waals surface area contributed by atoms with Crippen molar-refractivity contribution in [3.8, 4) is 16.3 Å². The molecule has 3 aromatic rings. The molecule has 0 saturated carbocycles. The van der Waals surface area contributed by atoms with Gasteiger partial charge in [-0.2, -0.15) is 0 Å². The Balaban J connectivity index is 1.67. The maximum Gasteiger partial charge on any atom is 0.260 e. The molecule has 1 heterocycles. The second-order valence-corrected chi connectivity index (χ2v) is 7.82. The summed E-state index contributed by atoms with van der Waals surface area (Å²) in [5.74, 6) is 0.695. The molecule has 0 saturated heterocycles. The van der Waals surface area contributed by atoms with Crippen molar-refractivity contribution in [3.05, 3.63) is 48.5 Å². The number of rotatable bonds is 6. The SMILES string of the molecule is CC(C)N(C(=O)COc1ccc(-c2nc3ccccc3s2)cc1)C(C)C. The molecule has 26 heavy (non-hydrogen) atoms. The van der Waals surface area contributed by atoms with Crippen molar-refractivity contribution in [1.29, 1.82) is 0 Å². The van der Waals surface area contributed by atoms with Gasteiger partial charge in [0, 0.05) is 17.6 Å². The van der Waals surface area contributed by atoms with Crippen molar-refractivity contribution in [2.24, 2.45) is 0 Å². The zero-order valence-electron chi connectivity index (χ0n) is 15.6. The van der Waals surface area contributed by atoms with E-state index in [0.29, 0.717) is 5.75 Å². The highest BCUT2D eigenvalue weighted by molar-refractivity contribution is 7.21. The largest absolute Gasteiger partial charge is 0.484 e. The lowest BCUT2D eigenvalue weighted by molar-refractivity contribution is -0.136. The Labute approximate surface area is 158 Å². The number of carbonyl (C=O) groups is 1. The molecule has 1 amide bonds. The Bertz CT molecular complexity index is 843. The third kappa shape index (κ3) is 4.05. The van der Waals surface area contributed by atoms with Gasteiger partial charge in [-0.25, -0.2) is 4.98 Å². The minimum Gasteiger partial charge on any atom is -0.484 e. The Hall–Kier alpha value is -2.40. The van der Waals surface area contributed by atoms with Crippen LogP contribution in [0.3, 0.4) is 0 Å². The second kappa shape index (κ2) is 7.87. The van der Waals surface area contributed by atoms with Gasteiger partial charge < -0.3 is 9.64 Å². The van der Waals surface area contributed by atoms with E-state index < -0.39 is 0 Å². The first-order chi connectivity index (χ1) is 12.5. The van der Waals surface area contributed by atoms with Crippen LogP contribution in [0.1, 0.15) is 27.7 Å². The van der Waals surface area contributed by atoms with Gasteiger partial charge in [0.05, 0.1) is 10.2 Å². The summed E-state index contributed by atoms with van der Waals surface area (Å²) in [6, 6.07) is 16.2. The third-order valence-electron chi connectivity index (χ3n) is 4.16. The first-order valence-electron chi connectivity index (χ1n) is 8.85. The van der Waals surface area contributed by atoms with Crippen molar-refractivity contribution < 1.29 is 9.53 Å². The maximum atomic E-state index is 12.4. The second-order valence-electron chi connectivity index (χ2n) is 6.79. The van der Waals surface area contributed by atoms with Gasteiger partial charge in [0.2, 0.25) is 0 Å². The molecule has 1 aromatic heterocycles. The Morgan fingerprint density at radius 3 is 2.31 bits per heavy atom. The van der Waals surface area contributed by atoms with Crippen LogP contribution in [0.15, 0.2) is 48.5 Å². The number of para-hydroxylation sites is 1. The highest BCUT2D eigenvalue weighted by Gasteiger charge is 2.20. The van der Waals surface area contributed by atoms with Crippen LogP contribution in [0.5, 0.6) is 5.75 Å². The molecule has 0 radical (unpaired) electrons. The summed E-state index contributed by atoms with van der Waals surface area (Å²) >= 11 is 1.67. The van der Waals surface area contributed by atoms with E-state index in [-0.39, 0.29) is 24.6 Å². The summed E-state index contributed by atoms with van der Waals surface area (Å²) in [4.78, 5) is 18.9. The summed E-state index contributed by atoms with van der Waals surface area (Å²) < 4.78 is 6.87. The van der Waals surface area contributed by atoms with E-state index in [9.17, 15) is 4.79 Å². The van der Waals surface area contributed by atoms with Gasteiger partial charge in [0.15, 0.2) is 6.61 Å². The first-order valence-corrected chi connectivity index (χ1v) is 9.67. The zero-order valence-corrected chi connectivity index (χ0v) is 16.4. The zero-order chi connectivity index (χ0) is 18.7. The molecule has 0 unspecified atom stereocenters. The fourth-order valence-corrected chi connectivity index (χ4v) is 4.05. The van der Waals surface area contributed by atoms with Gasteiger partial charge in [-0.3, -0.25) is 4.79 Å². The smallest absolute Gasteiger partial charge is 0.260 e. The van der Waals surface area contributed by atoms with Crippen LogP contribution in [0.2, 0.25) is 0 Å². The fourth-order valence-electron chi connectivity index (χ4n) is 3.08. The number of benzene rings is 2. The van der Waals surface area contributed by atoms with Crippen molar-refractivity contribution in [1.82, 2.24) is 9.88 Å². The van der Waals surface area contributed by atoms with E-state index in [1.165, 1.54) is 4.70 Å². The van der Waals surface area contributed by atoms with Crippen LogP contribution < -0.4 is 4.74 Å². The Kier molecular flexibility index (Phi) is 5.57. The van der Waals surface area contributed by atoms with E-state index in [1.54, 1.807) is 11.3 Å². The maximum absolute atomic E-state index is 12.4. The topological polar surface area (TPSA) is 42.4 Å². The highest BCUT2D eigenvalue weighted by atomic mass is 32.1. The number of hydrogen-bond donors (Lipinski definition) is 0. The third-order valence-corrected chi connectivity index (χ3v) is 5.24. The predicted molar refractivity (Wildman–Crippen MR) is 108 cm³/mol. The van der Waals surface area contributed by atoms with Crippen LogP contribution in [0.4, 0.5) is 0 Å². The van der Waals surface area contributed by atoms with Gasteiger partial charge in [-0.05, 0) is 64.1 Å². The van der Waals surface area contributed by atoms with Crippen molar-refractivity contribution >= 4 is 27.5 Å². The van der Waals surface area contributed by atoms with Crippen LogP contribution in [0, 0.1) is 0 Å². The van der Waals surface area contributed by atoms with E-state index in [4.69, 9.17) is 4.74 Å². The molecule has 0 aliphatic rings. The average molecular weight is 369 g/mol. The van der Waals surface area contributed by atoms with Gasteiger partial charge in [0.25, 0.3) is 5.91 Å². The quantitative estimate of drug-likeness (QED) is 0.616. The van der Waals surface area contributed by atoms with E-state index in [2.05, 4.69) is 11.1 Å². The molecule has 5 heteroatoms. The summed E-state index contributed by atoms with van der Waals surface area (Å²) in [5.41, 5.74) is 2.07. The number of amides is 1. The minimum atomic E-state index is 0.00486. The van der Waals surface area contributed by atoms with Crippen molar-refractivity contribution in [2.45, 2.75) is 39.8 Å². The number of thiazole rings is 1. The van der Waals surface area contributed by atoms with Gasteiger partial charge in [-0.1, -0.05) is 12.1 Å². The van der Waals surface area contributed by atoms with Gasteiger partial charge >= 0.3 is 0 Å². The summed E-state index contributed by atoms with van der Waals surface area (Å²) in [5, 5.41) is 0.986. The van der Waals surface area contributed by atoms with Crippen molar-refractivity contribution in [3.63, 3.8) is 0 Å². The first kappa shape index (κ1) is 18.4. The Morgan fingerprint density at radius 1 is 1.04 bits per heavy atom. The molecule has 0 fully saturated rings. The molecule has 3 rings (SSSR count). The standard InChI is InChI=1S/C21H24N2O2S/c1-14(2)23(15(3)4)20(24)13-25-17-11-9-16(10-12-17)21-22-18-7-5-6-8-19(18)26-21/h5-12,14-15H,13H2,1-4H3. The molecule has 0 aliphatic heterocycles. The number of ether oxygens (including phenoxy) is 1. The minimum absolute atomic E-state index is 0.00486. The lowest BCUT2D eigenvalue weighted by atomic mass is 10.2. The summed E-state index contributed by atoms with van der Waals surface area (Å²) in [6.07, 6.45) is 0. The van der Waals surface area contributed by atoms with Crippen LogP contribution in [-0.2, 0) is 4.79 Å². The van der Waals surface area contributed by atoms with E-state index in [1.807, 2.05) is 75.1 Å². The number of fused-ring (bicyclic) bond motifs is 1. The molecular weight excluding hydrogens is 344 g/mol. The lowest BCUT2D eigenvalue weighted by Crippen LogP contribution is -2.44. The summed E-state index contributed by atoms with van der Waals surface area (Å²) in [7, 11) is 0. The normalized spacial score (nSPS) is 11.3. The van der Waals surface area contributed by atoms with E-state index in [0.717, 1.165) is 16.1 Å². The molecule has 0 aliphatic carbocycles. The Morgan fingerprint density at radius 2 is 1.69 bits per heavy atom. The van der Waals surface area contributed by atoms with Gasteiger partial charge in [0.1, 0.15) is 10.8 Å². The molecule has 2 aromatic carbocycles. The van der Waals surface area contributed by atoms with Crippen LogP contribution >= 0.6 is 11.3 Å². The van der Waals surface area contributed by atoms with E-state index >= 15 is 0 Å². The number of hydrogen-bond acceptors (Lipinski definition) is 4. The molecule has 0 N–H and O–H groups in total. The predicted octanol–water partition coefficient (Wildman–Crippen LogP) is 4.99. The molecule has 0 atom stereocenters.